The maximum absolute atomic E-state index is 11.4. The molecule has 0 N–H and O–H groups in total. The van der Waals surface area contributed by atoms with Crippen LogP contribution in [-0.4, -0.2) is 21.0 Å². The first-order chi connectivity index (χ1) is 5.20. The molecule has 12 heavy (non-hydrogen) atoms. The Bertz CT molecular complexity index is 267. The maximum Gasteiger partial charge on any atom is 0.714 e. The molecule has 0 saturated carbocycles. The Balaban J connectivity index is 4.58. The van der Waals surface area contributed by atoms with Crippen molar-refractivity contribution in [2.45, 2.75) is 5.51 Å². The SMILES string of the molecule is CO[P+](=O)OS(=O)(=O)C(F)(F)F. The van der Waals surface area contributed by atoms with Gasteiger partial charge in [-0.1, -0.05) is 0 Å². The fraction of sp³-hybridized carbons (Fsp3) is 1.00. The molecule has 0 aliphatic carbocycles. The van der Waals surface area contributed by atoms with Gasteiger partial charge in [-0.15, -0.1) is 4.52 Å². The van der Waals surface area contributed by atoms with Gasteiger partial charge in [-0.2, -0.15) is 21.6 Å². The van der Waals surface area contributed by atoms with Crippen LogP contribution in [0.25, 0.3) is 0 Å². The van der Waals surface area contributed by atoms with Gasteiger partial charge in [0, 0.05) is 8.54 Å². The van der Waals surface area contributed by atoms with Gasteiger partial charge < -0.3 is 0 Å². The van der Waals surface area contributed by atoms with E-state index in [0.717, 1.165) is 7.11 Å². The summed E-state index contributed by atoms with van der Waals surface area (Å²) in [5.74, 6) is 0. The molecule has 0 aromatic carbocycles. The van der Waals surface area contributed by atoms with Gasteiger partial charge >= 0.3 is 23.9 Å². The van der Waals surface area contributed by atoms with Crippen molar-refractivity contribution in [2.75, 3.05) is 7.11 Å². The molecule has 0 rings (SSSR count). The first-order valence-corrected chi connectivity index (χ1v) is 4.73. The third kappa shape index (κ3) is 3.02. The van der Waals surface area contributed by atoms with E-state index in [-0.39, 0.29) is 0 Å². The van der Waals surface area contributed by atoms with E-state index >= 15 is 0 Å². The highest BCUT2D eigenvalue weighted by atomic mass is 32.2. The summed E-state index contributed by atoms with van der Waals surface area (Å²) in [6, 6.07) is 0. The van der Waals surface area contributed by atoms with E-state index in [0.29, 0.717) is 0 Å². The Morgan fingerprint density at radius 3 is 2.00 bits per heavy atom. The lowest BCUT2D eigenvalue weighted by molar-refractivity contribution is -0.0501. The van der Waals surface area contributed by atoms with E-state index < -0.39 is 23.9 Å². The summed E-state index contributed by atoms with van der Waals surface area (Å²) in [5.41, 5.74) is -5.59. The minimum Gasteiger partial charge on any atom is -0.186 e. The molecule has 0 spiro atoms. The van der Waals surface area contributed by atoms with Crippen molar-refractivity contribution in [1.82, 2.24) is 0 Å². The zero-order valence-corrected chi connectivity index (χ0v) is 7.24. The quantitative estimate of drug-likeness (QED) is 0.534. The molecule has 0 fully saturated rings. The molecule has 0 aromatic heterocycles. The number of halogens is 3. The average Bonchev–Trinajstić information content (AvgIpc) is 1.84. The van der Waals surface area contributed by atoms with Crippen molar-refractivity contribution in [3.63, 3.8) is 0 Å². The highest BCUT2D eigenvalue weighted by Gasteiger charge is 2.53. The molecule has 0 aliphatic heterocycles. The summed E-state index contributed by atoms with van der Waals surface area (Å²) in [5, 5.41) is 0. The van der Waals surface area contributed by atoms with Crippen LogP contribution in [0, 0.1) is 0 Å². The van der Waals surface area contributed by atoms with Crippen molar-refractivity contribution in [3.05, 3.63) is 0 Å². The van der Waals surface area contributed by atoms with Crippen molar-refractivity contribution in [2.24, 2.45) is 0 Å². The standard InChI is InChI=1S/C2H3F3O5PS/c1-9-11(6)10-12(7,8)2(3,4)5/h1H3/q+1. The van der Waals surface area contributed by atoms with E-state index in [1.807, 2.05) is 0 Å². The van der Waals surface area contributed by atoms with Gasteiger partial charge in [0.25, 0.3) is 0 Å². The van der Waals surface area contributed by atoms with Gasteiger partial charge in [0.1, 0.15) is 0 Å². The third-order valence-corrected chi connectivity index (χ3v) is 2.73. The lowest BCUT2D eigenvalue weighted by atomic mass is 11.6. The van der Waals surface area contributed by atoms with Crippen molar-refractivity contribution in [3.8, 4) is 0 Å². The number of rotatable bonds is 3. The first kappa shape index (κ1) is 11.8. The minimum absolute atomic E-state index is 0.741. The molecule has 1 unspecified atom stereocenters. The molecule has 72 valence electrons. The molecule has 10 heteroatoms. The summed E-state index contributed by atoms with van der Waals surface area (Å²) in [4.78, 5) is 0. The normalized spacial score (nSPS) is 14.5. The monoisotopic (exact) mass is 227 g/mol. The molecule has 0 bridgehead atoms. The van der Waals surface area contributed by atoms with Crippen LogP contribution in [0.1, 0.15) is 0 Å². The molecule has 0 heterocycles. The molecule has 5 nitrogen and oxygen atoms in total. The van der Waals surface area contributed by atoms with Gasteiger partial charge in [-0.25, -0.2) is 0 Å². The Kier molecular flexibility index (Phi) is 3.58. The summed E-state index contributed by atoms with van der Waals surface area (Å²) in [6.07, 6.45) is 0. The predicted octanol–water partition coefficient (Wildman–Crippen LogP) is 1.16. The number of hydrogen-bond donors (Lipinski definition) is 0. The molecule has 0 amide bonds. The smallest absolute Gasteiger partial charge is 0.186 e. The van der Waals surface area contributed by atoms with Crippen LogP contribution in [0.4, 0.5) is 13.2 Å². The largest absolute Gasteiger partial charge is 0.714 e. The van der Waals surface area contributed by atoms with Crippen molar-refractivity contribution >= 4 is 18.4 Å². The second kappa shape index (κ2) is 3.65. The fourth-order valence-corrected chi connectivity index (χ4v) is 1.38. The van der Waals surface area contributed by atoms with Crippen LogP contribution >= 0.6 is 8.25 Å². The zero-order valence-electron chi connectivity index (χ0n) is 5.53. The average molecular weight is 227 g/mol. The van der Waals surface area contributed by atoms with E-state index in [1.165, 1.54) is 0 Å². The van der Waals surface area contributed by atoms with Gasteiger partial charge in [0.05, 0.1) is 7.11 Å². The van der Waals surface area contributed by atoms with Gasteiger partial charge in [-0.05, 0) is 0 Å². The highest BCUT2D eigenvalue weighted by molar-refractivity contribution is 7.90. The number of alkyl halides is 3. The van der Waals surface area contributed by atoms with Gasteiger partial charge in [0.2, 0.25) is 0 Å². The van der Waals surface area contributed by atoms with Crippen LogP contribution in [0.3, 0.4) is 0 Å². The number of hydrogen-bond acceptors (Lipinski definition) is 5. The fourth-order valence-electron chi connectivity index (χ4n) is 0.153. The van der Waals surface area contributed by atoms with Crippen LogP contribution in [0.2, 0.25) is 0 Å². The maximum atomic E-state index is 11.4. The van der Waals surface area contributed by atoms with Crippen LogP contribution in [0.5, 0.6) is 0 Å². The van der Waals surface area contributed by atoms with E-state index in [4.69, 9.17) is 0 Å². The Hall–Kier alpha value is -0.240. The minimum atomic E-state index is -5.82. The first-order valence-electron chi connectivity index (χ1n) is 2.23. The second-order valence-corrected chi connectivity index (χ2v) is 4.16. The topological polar surface area (TPSA) is 69.7 Å². The molecule has 0 aromatic rings. The molecular formula is C2H3F3O5PS+. The molecule has 0 radical (unpaired) electrons. The zero-order chi connectivity index (χ0) is 9.99. The van der Waals surface area contributed by atoms with Gasteiger partial charge in [0.15, 0.2) is 0 Å². The third-order valence-electron chi connectivity index (χ3n) is 0.592. The molecule has 0 saturated heterocycles. The van der Waals surface area contributed by atoms with E-state index in [1.54, 1.807) is 0 Å². The van der Waals surface area contributed by atoms with Crippen LogP contribution < -0.4 is 0 Å². The second-order valence-electron chi connectivity index (χ2n) is 1.38. The lowest BCUT2D eigenvalue weighted by Gasteiger charge is -1.98. The Morgan fingerprint density at radius 1 is 1.33 bits per heavy atom. The lowest BCUT2D eigenvalue weighted by Crippen LogP contribution is -2.23. The molecule has 1 atom stereocenters. The molecular weight excluding hydrogens is 224 g/mol. The summed E-state index contributed by atoms with van der Waals surface area (Å²) >= 11 is 0. The Labute approximate surface area is 66.5 Å². The van der Waals surface area contributed by atoms with E-state index in [9.17, 15) is 26.2 Å². The van der Waals surface area contributed by atoms with Gasteiger partial charge in [-0.3, -0.25) is 0 Å². The summed E-state index contributed by atoms with van der Waals surface area (Å²) < 4.78 is 71.2. The summed E-state index contributed by atoms with van der Waals surface area (Å²) in [6.45, 7) is 0. The van der Waals surface area contributed by atoms with Crippen molar-refractivity contribution in [1.29, 1.82) is 0 Å². The highest BCUT2D eigenvalue weighted by Crippen LogP contribution is 2.34. The van der Waals surface area contributed by atoms with Crippen LogP contribution in [0.15, 0.2) is 0 Å². The van der Waals surface area contributed by atoms with Crippen LogP contribution in [-0.2, 0) is 23.2 Å². The predicted molar refractivity (Wildman–Crippen MR) is 30.7 cm³/mol. The van der Waals surface area contributed by atoms with Crippen molar-refractivity contribution < 1.29 is 34.6 Å². The summed E-state index contributed by atoms with van der Waals surface area (Å²) in [7, 11) is -8.37. The Morgan fingerprint density at radius 2 is 1.75 bits per heavy atom. The molecule has 0 aliphatic rings. The van der Waals surface area contributed by atoms with E-state index in [2.05, 4.69) is 8.49 Å².